The highest BCUT2D eigenvalue weighted by molar-refractivity contribution is 6.00. The van der Waals surface area contributed by atoms with Crippen molar-refractivity contribution in [1.29, 1.82) is 0 Å². The molecular formula is C16H12N4. The molecule has 0 amide bonds. The molecule has 0 spiro atoms. The van der Waals surface area contributed by atoms with Crippen LogP contribution in [0.25, 0.3) is 27.7 Å². The third-order valence-corrected chi connectivity index (χ3v) is 4.10. The average molecular weight is 260 g/mol. The number of fused-ring (bicyclic) bond motifs is 7. The van der Waals surface area contributed by atoms with Crippen LogP contribution in [-0.2, 0) is 13.0 Å². The van der Waals surface area contributed by atoms with Crippen LogP contribution in [0.4, 0.5) is 0 Å². The maximum Gasteiger partial charge on any atom is 0.193 e. The summed E-state index contributed by atoms with van der Waals surface area (Å²) in [6, 6.07) is 16.8. The Morgan fingerprint density at radius 3 is 2.90 bits per heavy atom. The first-order valence-electron chi connectivity index (χ1n) is 6.85. The molecule has 3 heterocycles. The van der Waals surface area contributed by atoms with Gasteiger partial charge in [-0.3, -0.25) is 5.10 Å². The van der Waals surface area contributed by atoms with Gasteiger partial charge in [0.05, 0.1) is 6.54 Å². The second-order valence-electron chi connectivity index (χ2n) is 5.22. The van der Waals surface area contributed by atoms with E-state index in [0.717, 1.165) is 24.0 Å². The minimum atomic E-state index is 0.921. The number of aryl methyl sites for hydroxylation is 2. The first-order chi connectivity index (χ1) is 9.92. The monoisotopic (exact) mass is 260 g/mol. The van der Waals surface area contributed by atoms with Crippen LogP contribution in [0.5, 0.6) is 0 Å². The summed E-state index contributed by atoms with van der Waals surface area (Å²) in [6.45, 7) is 0.921. The summed E-state index contributed by atoms with van der Waals surface area (Å²) < 4.78 is 3.86. The standard InChI is InChI=1S/C16H12N4/c1-2-6-12-11(5-1)9-10-19-15(12)16-13-7-3-4-8-14(13)17-20(16)18-19/h1-8H,9-10H2. The van der Waals surface area contributed by atoms with Crippen LogP contribution in [0.15, 0.2) is 48.5 Å². The third-order valence-electron chi connectivity index (χ3n) is 4.10. The van der Waals surface area contributed by atoms with Crippen LogP contribution in [0.3, 0.4) is 0 Å². The van der Waals surface area contributed by atoms with Crippen molar-refractivity contribution in [3.63, 3.8) is 0 Å². The van der Waals surface area contributed by atoms with Crippen LogP contribution >= 0.6 is 0 Å². The second-order valence-corrected chi connectivity index (χ2v) is 5.22. The zero-order valence-electron chi connectivity index (χ0n) is 10.8. The van der Waals surface area contributed by atoms with Crippen molar-refractivity contribution in [3.05, 3.63) is 54.1 Å². The van der Waals surface area contributed by atoms with Crippen molar-refractivity contribution in [1.82, 2.24) is 14.9 Å². The number of hydrogen-bond donors (Lipinski definition) is 0. The van der Waals surface area contributed by atoms with E-state index in [0.29, 0.717) is 0 Å². The molecule has 5 rings (SSSR count). The smallest absolute Gasteiger partial charge is 0.193 e. The lowest BCUT2D eigenvalue weighted by Crippen LogP contribution is -2.43. The minimum absolute atomic E-state index is 0.921. The first kappa shape index (κ1) is 10.2. The summed E-state index contributed by atoms with van der Waals surface area (Å²) in [7, 11) is 0. The maximum absolute atomic E-state index is 4.61. The maximum atomic E-state index is 4.61. The van der Waals surface area contributed by atoms with Crippen molar-refractivity contribution >= 4 is 16.4 Å². The highest BCUT2D eigenvalue weighted by Crippen LogP contribution is 2.31. The van der Waals surface area contributed by atoms with Crippen LogP contribution in [0, 0.1) is 0 Å². The lowest BCUT2D eigenvalue weighted by molar-refractivity contribution is -0.750. The van der Waals surface area contributed by atoms with Gasteiger partial charge in [0, 0.05) is 22.9 Å². The molecule has 0 atom stereocenters. The van der Waals surface area contributed by atoms with Crippen LogP contribution in [0.1, 0.15) is 5.56 Å². The van der Waals surface area contributed by atoms with Gasteiger partial charge < -0.3 is 0 Å². The summed E-state index contributed by atoms with van der Waals surface area (Å²) in [5.74, 6) is 0. The Labute approximate surface area is 115 Å². The third kappa shape index (κ3) is 1.16. The molecule has 0 fully saturated rings. The van der Waals surface area contributed by atoms with Gasteiger partial charge in [-0.15, -0.1) is 5.21 Å². The summed E-state index contributed by atoms with van der Waals surface area (Å²) in [5, 5.41) is 10.4. The molecule has 0 unspecified atom stereocenters. The van der Waals surface area contributed by atoms with E-state index in [1.54, 1.807) is 4.63 Å². The molecule has 2 aromatic heterocycles. The number of rotatable bonds is 0. The van der Waals surface area contributed by atoms with Gasteiger partial charge in [-0.05, 0) is 5.56 Å². The zero-order valence-corrected chi connectivity index (χ0v) is 10.8. The molecule has 1 aliphatic heterocycles. The van der Waals surface area contributed by atoms with Gasteiger partial charge in [0.2, 0.25) is 0 Å². The molecule has 0 radical (unpaired) electrons. The summed E-state index contributed by atoms with van der Waals surface area (Å²) in [6.07, 6.45) is 1.03. The van der Waals surface area contributed by atoms with Gasteiger partial charge in [0.15, 0.2) is 11.2 Å². The SMILES string of the molecule is c1ccc2c(c1)CC[n+]1[n-]n3nc4ccccc4c3c1-2. The van der Waals surface area contributed by atoms with E-state index in [4.69, 9.17) is 0 Å². The van der Waals surface area contributed by atoms with Crippen molar-refractivity contribution in [3.8, 4) is 11.3 Å². The first-order valence-corrected chi connectivity index (χ1v) is 6.85. The summed E-state index contributed by atoms with van der Waals surface area (Å²) in [5.41, 5.74) is 5.99. The Balaban J connectivity index is 1.99. The fourth-order valence-electron chi connectivity index (χ4n) is 3.20. The number of aromatic nitrogens is 4. The quantitative estimate of drug-likeness (QED) is 0.453. The van der Waals surface area contributed by atoms with E-state index >= 15 is 0 Å². The normalized spacial score (nSPS) is 13.6. The fourth-order valence-corrected chi connectivity index (χ4v) is 3.20. The van der Waals surface area contributed by atoms with E-state index in [-0.39, 0.29) is 0 Å². The lowest BCUT2D eigenvalue weighted by atomic mass is 9.97. The van der Waals surface area contributed by atoms with Crippen LogP contribution in [0.2, 0.25) is 0 Å². The summed E-state index contributed by atoms with van der Waals surface area (Å²) in [4.78, 5) is 0. The van der Waals surface area contributed by atoms with Crippen molar-refractivity contribution in [2.75, 3.05) is 0 Å². The molecule has 0 N–H and O–H groups in total. The molecule has 0 bridgehead atoms. The molecule has 4 nitrogen and oxygen atoms in total. The van der Waals surface area contributed by atoms with Crippen molar-refractivity contribution in [2.24, 2.45) is 0 Å². The van der Waals surface area contributed by atoms with E-state index in [1.807, 2.05) is 12.1 Å². The molecule has 0 aliphatic carbocycles. The van der Waals surface area contributed by atoms with Gasteiger partial charge >= 0.3 is 0 Å². The highest BCUT2D eigenvalue weighted by Gasteiger charge is 2.25. The van der Waals surface area contributed by atoms with E-state index in [9.17, 15) is 0 Å². The Bertz CT molecular complexity index is 961. The van der Waals surface area contributed by atoms with Crippen LogP contribution < -0.4 is 9.90 Å². The second kappa shape index (κ2) is 3.48. The molecule has 0 saturated carbocycles. The zero-order chi connectivity index (χ0) is 13.1. The summed E-state index contributed by atoms with van der Waals surface area (Å²) >= 11 is 0. The Kier molecular flexibility index (Phi) is 1.77. The molecule has 2 aromatic carbocycles. The van der Waals surface area contributed by atoms with Crippen molar-refractivity contribution < 1.29 is 4.68 Å². The predicted octanol–water partition coefficient (Wildman–Crippen LogP) is 1.96. The fraction of sp³-hybridized carbons (Fsp3) is 0.125. The highest BCUT2D eigenvalue weighted by atomic mass is 15.6. The van der Waals surface area contributed by atoms with E-state index in [1.165, 1.54) is 22.2 Å². The number of nitrogens with zero attached hydrogens (tertiary/aromatic N) is 4. The van der Waals surface area contributed by atoms with E-state index < -0.39 is 0 Å². The topological polar surface area (TPSA) is 35.3 Å². The molecule has 4 heteroatoms. The number of hydrogen-bond acceptors (Lipinski definition) is 1. The Morgan fingerprint density at radius 2 is 1.90 bits per heavy atom. The molecular weight excluding hydrogens is 248 g/mol. The van der Waals surface area contributed by atoms with Gasteiger partial charge in [-0.25, -0.2) is 4.68 Å². The largest absolute Gasteiger partial charge is 0.271 e. The molecule has 4 aromatic rings. The molecule has 20 heavy (non-hydrogen) atoms. The van der Waals surface area contributed by atoms with Gasteiger partial charge in [0.25, 0.3) is 0 Å². The number of benzene rings is 2. The van der Waals surface area contributed by atoms with Gasteiger partial charge in [0.1, 0.15) is 0 Å². The van der Waals surface area contributed by atoms with Gasteiger partial charge in [-0.2, -0.15) is 4.63 Å². The lowest BCUT2D eigenvalue weighted by Gasteiger charge is -2.14. The average Bonchev–Trinajstić information content (AvgIpc) is 3.02. The Morgan fingerprint density at radius 1 is 1.05 bits per heavy atom. The molecule has 1 aliphatic rings. The Hall–Kier alpha value is -2.62. The van der Waals surface area contributed by atoms with Crippen LogP contribution in [-0.4, -0.2) is 9.73 Å². The predicted molar refractivity (Wildman–Crippen MR) is 75.4 cm³/mol. The minimum Gasteiger partial charge on any atom is -0.271 e. The van der Waals surface area contributed by atoms with Gasteiger partial charge in [-0.1, -0.05) is 48.5 Å². The molecule has 0 saturated heterocycles. The van der Waals surface area contributed by atoms with Crippen molar-refractivity contribution in [2.45, 2.75) is 13.0 Å². The molecule has 96 valence electrons. The van der Waals surface area contributed by atoms with E-state index in [2.05, 4.69) is 51.4 Å².